The summed E-state index contributed by atoms with van der Waals surface area (Å²) in [6.45, 7) is 6.24. The Bertz CT molecular complexity index is 1590. The lowest BCUT2D eigenvalue weighted by Crippen LogP contribution is -2.44. The van der Waals surface area contributed by atoms with E-state index >= 15 is 0 Å². The molecule has 0 unspecified atom stereocenters. The van der Waals surface area contributed by atoms with Gasteiger partial charge in [0.2, 0.25) is 15.9 Å². The molecule has 248 valence electrons. The predicted octanol–water partition coefficient (Wildman–Crippen LogP) is 3.66. The Kier molecular flexibility index (Phi) is 9.15. The number of amides is 2. The highest BCUT2D eigenvalue weighted by Crippen LogP contribution is 2.45. The number of hydrogen-bond donors (Lipinski definition) is 1. The number of piperidine rings is 2. The molecular formula is C34H44N4O7S. The Balaban J connectivity index is 1.07. The van der Waals surface area contributed by atoms with Crippen LogP contribution in [0.5, 0.6) is 5.75 Å². The van der Waals surface area contributed by atoms with Crippen molar-refractivity contribution in [3.8, 4) is 5.75 Å². The van der Waals surface area contributed by atoms with E-state index in [2.05, 4.69) is 11.0 Å². The van der Waals surface area contributed by atoms with Crippen LogP contribution in [0.25, 0.3) is 0 Å². The summed E-state index contributed by atoms with van der Waals surface area (Å²) in [6, 6.07) is 11.2. The van der Waals surface area contributed by atoms with Crippen molar-refractivity contribution in [1.82, 2.24) is 9.80 Å². The second-order valence-electron chi connectivity index (χ2n) is 13.3. The minimum Gasteiger partial charge on any atom is -0.494 e. The van der Waals surface area contributed by atoms with Gasteiger partial charge in [0, 0.05) is 49.4 Å². The molecule has 0 radical (unpaired) electrons. The lowest BCUT2D eigenvalue weighted by atomic mass is 9.77. The first-order chi connectivity index (χ1) is 22.0. The minimum absolute atomic E-state index is 0.0909. The number of nitrogens with zero attached hydrogens (tertiary/aromatic N) is 3. The molecule has 3 aliphatic heterocycles. The zero-order chi connectivity index (χ0) is 32.6. The number of carbonyl (C=O) groups excluding carboxylic acids is 3. The molecule has 1 saturated carbocycles. The van der Waals surface area contributed by atoms with Crippen molar-refractivity contribution < 1.29 is 32.3 Å². The number of nitrogens with two attached hydrogens (primary N) is 1. The summed E-state index contributed by atoms with van der Waals surface area (Å²) < 4.78 is 34.3. The summed E-state index contributed by atoms with van der Waals surface area (Å²) in [6.07, 6.45) is 5.14. The quantitative estimate of drug-likeness (QED) is 0.405. The molecule has 1 aliphatic carbocycles. The van der Waals surface area contributed by atoms with E-state index in [1.54, 1.807) is 17.0 Å². The smallest absolute Gasteiger partial charge is 0.338 e. The molecule has 2 N–H and O–H groups in total. The van der Waals surface area contributed by atoms with Crippen LogP contribution in [0.2, 0.25) is 0 Å². The maximum Gasteiger partial charge on any atom is 0.338 e. The third-order valence-electron chi connectivity index (χ3n) is 10.2. The summed E-state index contributed by atoms with van der Waals surface area (Å²) in [4.78, 5) is 44.8. The molecule has 0 bridgehead atoms. The van der Waals surface area contributed by atoms with Gasteiger partial charge in [0.25, 0.3) is 5.91 Å². The molecule has 2 aromatic carbocycles. The van der Waals surface area contributed by atoms with Gasteiger partial charge in [-0.1, -0.05) is 0 Å². The maximum atomic E-state index is 13.3. The zero-order valence-electron chi connectivity index (χ0n) is 26.7. The summed E-state index contributed by atoms with van der Waals surface area (Å²) in [5, 5.41) is 4.68. The van der Waals surface area contributed by atoms with E-state index in [-0.39, 0.29) is 23.2 Å². The van der Waals surface area contributed by atoms with Gasteiger partial charge < -0.3 is 19.3 Å². The molecule has 46 heavy (non-hydrogen) atoms. The van der Waals surface area contributed by atoms with Crippen LogP contribution in [0.15, 0.2) is 36.4 Å². The Morgan fingerprint density at radius 1 is 1.00 bits per heavy atom. The lowest BCUT2D eigenvalue weighted by Gasteiger charge is -2.39. The largest absolute Gasteiger partial charge is 0.494 e. The Morgan fingerprint density at radius 2 is 1.67 bits per heavy atom. The van der Waals surface area contributed by atoms with Crippen LogP contribution < -0.4 is 14.8 Å². The van der Waals surface area contributed by atoms with Crippen LogP contribution in [0, 0.1) is 5.41 Å². The van der Waals surface area contributed by atoms with Crippen LogP contribution >= 0.6 is 0 Å². The molecule has 12 heteroatoms. The van der Waals surface area contributed by atoms with Crippen molar-refractivity contribution in [2.24, 2.45) is 10.6 Å². The first-order valence-electron chi connectivity index (χ1n) is 16.3. The second kappa shape index (κ2) is 13.0. The Hall–Kier alpha value is -3.48. The first-order valence-corrected chi connectivity index (χ1v) is 17.9. The van der Waals surface area contributed by atoms with Gasteiger partial charge in [-0.2, -0.15) is 0 Å². The number of likely N-dealkylation sites (tertiary alicyclic amines) is 2. The van der Waals surface area contributed by atoms with Crippen LogP contribution in [0.3, 0.4) is 0 Å². The highest BCUT2D eigenvalue weighted by Gasteiger charge is 2.45. The first kappa shape index (κ1) is 32.5. The zero-order valence-corrected chi connectivity index (χ0v) is 27.5. The maximum absolute atomic E-state index is 13.3. The van der Waals surface area contributed by atoms with E-state index < -0.39 is 15.3 Å². The molecule has 1 spiro atoms. The van der Waals surface area contributed by atoms with Crippen molar-refractivity contribution in [3.63, 3.8) is 0 Å². The number of primary sulfonamides is 1. The molecule has 11 nitrogen and oxygen atoms in total. The van der Waals surface area contributed by atoms with Crippen molar-refractivity contribution >= 4 is 33.5 Å². The fraction of sp³-hybridized carbons (Fsp3) is 0.559. The van der Waals surface area contributed by atoms with Gasteiger partial charge in [-0.15, -0.1) is 0 Å². The molecule has 4 fully saturated rings. The molecular weight excluding hydrogens is 608 g/mol. The standard InChI is InChI=1S/C34H44N4O7S/c1-3-45-30-19-29(33(41)44-2)28(23-4-5-23)18-25(30)21-36-16-12-34(13-17-36)20-31(39)38(22-34)26-8-6-24(7-9-26)32(40)37-14-10-27(11-15-37)46(35,42)43/h6-9,18-19,23,27H,3-5,10-17,20-22H2,1-2H3,(H2,35,42,43). The summed E-state index contributed by atoms with van der Waals surface area (Å²) >= 11 is 0. The summed E-state index contributed by atoms with van der Waals surface area (Å²) in [5.74, 6) is 0.750. The monoisotopic (exact) mass is 652 g/mol. The van der Waals surface area contributed by atoms with E-state index in [4.69, 9.17) is 14.6 Å². The van der Waals surface area contributed by atoms with Crippen molar-refractivity contribution in [1.29, 1.82) is 0 Å². The van der Waals surface area contributed by atoms with Gasteiger partial charge in [-0.05, 0) is 112 Å². The van der Waals surface area contributed by atoms with Crippen LogP contribution in [0.1, 0.15) is 89.6 Å². The molecule has 6 rings (SSSR count). The van der Waals surface area contributed by atoms with Gasteiger partial charge in [-0.25, -0.2) is 18.4 Å². The number of benzene rings is 2. The normalized spacial score (nSPS) is 20.7. The SMILES string of the molecule is CCOc1cc(C(=O)OC)c(C2CC2)cc1CN1CCC2(CC1)CC(=O)N(c1ccc(C(=O)N3CCC(S(N)(=O)=O)CC3)cc1)C2. The number of carbonyl (C=O) groups is 3. The average Bonchev–Trinajstić information content (AvgIpc) is 3.85. The van der Waals surface area contributed by atoms with Crippen LogP contribution in [-0.2, 0) is 26.1 Å². The number of sulfonamides is 1. The number of methoxy groups -OCH3 is 1. The Labute approximate surface area is 271 Å². The van der Waals surface area contributed by atoms with Gasteiger partial charge in [0.15, 0.2) is 0 Å². The molecule has 3 saturated heterocycles. The fourth-order valence-corrected chi connectivity index (χ4v) is 8.19. The molecule has 3 heterocycles. The van der Waals surface area contributed by atoms with Crippen LogP contribution in [-0.4, -0.2) is 87.7 Å². The highest BCUT2D eigenvalue weighted by molar-refractivity contribution is 7.89. The van der Waals surface area contributed by atoms with Gasteiger partial charge >= 0.3 is 5.97 Å². The average molecular weight is 653 g/mol. The van der Waals surface area contributed by atoms with E-state index in [0.717, 1.165) is 67.9 Å². The number of ether oxygens (including phenoxy) is 2. The van der Waals surface area contributed by atoms with E-state index in [9.17, 15) is 22.8 Å². The van der Waals surface area contributed by atoms with Gasteiger partial charge in [-0.3, -0.25) is 14.5 Å². The number of hydrogen-bond acceptors (Lipinski definition) is 8. The number of esters is 1. The van der Waals surface area contributed by atoms with Crippen molar-refractivity contribution in [2.45, 2.75) is 69.6 Å². The second-order valence-corrected chi connectivity index (χ2v) is 15.2. The van der Waals surface area contributed by atoms with Crippen molar-refractivity contribution in [3.05, 3.63) is 58.7 Å². The molecule has 0 atom stereocenters. The highest BCUT2D eigenvalue weighted by atomic mass is 32.2. The third-order valence-corrected chi connectivity index (χ3v) is 11.6. The number of anilines is 1. The molecule has 2 aromatic rings. The minimum atomic E-state index is -3.60. The predicted molar refractivity (Wildman–Crippen MR) is 173 cm³/mol. The molecule has 0 aromatic heterocycles. The Morgan fingerprint density at radius 3 is 2.26 bits per heavy atom. The lowest BCUT2D eigenvalue weighted by molar-refractivity contribution is -0.118. The van der Waals surface area contributed by atoms with E-state index in [1.165, 1.54) is 7.11 Å². The van der Waals surface area contributed by atoms with E-state index in [0.29, 0.717) is 62.5 Å². The summed E-state index contributed by atoms with van der Waals surface area (Å²) in [7, 11) is -2.19. The fourth-order valence-electron chi connectivity index (χ4n) is 7.32. The topological polar surface area (TPSA) is 140 Å². The van der Waals surface area contributed by atoms with Crippen LogP contribution in [0.4, 0.5) is 5.69 Å². The summed E-state index contributed by atoms with van der Waals surface area (Å²) in [5.41, 5.74) is 3.94. The third kappa shape index (κ3) is 6.79. The van der Waals surface area contributed by atoms with Gasteiger partial charge in [0.1, 0.15) is 5.75 Å². The van der Waals surface area contributed by atoms with E-state index in [1.807, 2.05) is 30.0 Å². The number of rotatable bonds is 9. The van der Waals surface area contributed by atoms with Gasteiger partial charge in [0.05, 0.1) is 24.5 Å². The van der Waals surface area contributed by atoms with Crippen molar-refractivity contribution in [2.75, 3.05) is 51.3 Å². The molecule has 4 aliphatic rings. The molecule has 2 amide bonds.